The predicted molar refractivity (Wildman–Crippen MR) is 61.8 cm³/mol. The average molecular weight is 222 g/mol. The molecule has 1 saturated heterocycles. The van der Waals surface area contributed by atoms with Gasteiger partial charge in [-0.2, -0.15) is 0 Å². The van der Waals surface area contributed by atoms with Crippen molar-refractivity contribution in [2.45, 2.75) is 26.2 Å². The minimum atomic E-state index is -0.459. The Labute approximate surface area is 94.0 Å². The first-order valence-electron chi connectivity index (χ1n) is 5.45. The fourth-order valence-corrected chi connectivity index (χ4v) is 2.04. The Morgan fingerprint density at radius 3 is 2.81 bits per heavy atom. The van der Waals surface area contributed by atoms with Gasteiger partial charge in [-0.25, -0.2) is 4.39 Å². The van der Waals surface area contributed by atoms with E-state index in [9.17, 15) is 9.18 Å². The molecule has 1 aliphatic rings. The highest BCUT2D eigenvalue weighted by atomic mass is 19.1. The summed E-state index contributed by atoms with van der Waals surface area (Å²) in [6.07, 6.45) is 2.44. The number of carbonyl (C=O) groups excluding carboxylic acids is 1. The molecule has 16 heavy (non-hydrogen) atoms. The molecule has 0 bridgehead atoms. The highest BCUT2D eigenvalue weighted by Crippen LogP contribution is 2.28. The highest BCUT2D eigenvalue weighted by Gasteiger charge is 2.21. The van der Waals surface area contributed by atoms with Gasteiger partial charge in [-0.3, -0.25) is 4.79 Å². The van der Waals surface area contributed by atoms with Crippen LogP contribution < -0.4 is 10.6 Å². The van der Waals surface area contributed by atoms with E-state index in [1.54, 1.807) is 11.0 Å². The van der Waals surface area contributed by atoms with Gasteiger partial charge in [-0.1, -0.05) is 0 Å². The van der Waals surface area contributed by atoms with Gasteiger partial charge in [0.15, 0.2) is 0 Å². The van der Waals surface area contributed by atoms with E-state index in [-0.39, 0.29) is 11.6 Å². The number of aryl methyl sites for hydroxylation is 1. The molecule has 1 amide bonds. The number of hydrogen-bond donors (Lipinski definition) is 1. The first-order valence-corrected chi connectivity index (χ1v) is 5.45. The number of piperidine rings is 1. The number of anilines is 2. The molecule has 0 aliphatic carbocycles. The van der Waals surface area contributed by atoms with Crippen molar-refractivity contribution < 1.29 is 9.18 Å². The third kappa shape index (κ3) is 1.87. The van der Waals surface area contributed by atoms with Crippen LogP contribution in [0.2, 0.25) is 0 Å². The van der Waals surface area contributed by atoms with Gasteiger partial charge >= 0.3 is 0 Å². The van der Waals surface area contributed by atoms with Crippen LogP contribution in [0.3, 0.4) is 0 Å². The molecular formula is C12H15FN2O. The monoisotopic (exact) mass is 222 g/mol. The summed E-state index contributed by atoms with van der Waals surface area (Å²) in [5, 5.41) is 0. The van der Waals surface area contributed by atoms with Crippen LogP contribution in [0.1, 0.15) is 24.8 Å². The molecule has 0 unspecified atom stereocenters. The van der Waals surface area contributed by atoms with E-state index in [1.807, 2.05) is 6.92 Å². The lowest BCUT2D eigenvalue weighted by Crippen LogP contribution is -2.35. The van der Waals surface area contributed by atoms with Crippen LogP contribution in [-0.4, -0.2) is 12.5 Å². The summed E-state index contributed by atoms with van der Waals surface area (Å²) in [6, 6.07) is 2.93. The summed E-state index contributed by atoms with van der Waals surface area (Å²) in [4.78, 5) is 13.4. The molecule has 1 heterocycles. The number of nitrogens with two attached hydrogens (primary N) is 1. The second-order valence-electron chi connectivity index (χ2n) is 4.16. The van der Waals surface area contributed by atoms with Crippen LogP contribution in [-0.2, 0) is 4.79 Å². The minimum Gasteiger partial charge on any atom is -0.396 e. The summed E-state index contributed by atoms with van der Waals surface area (Å²) in [7, 11) is 0. The number of hydrogen-bond acceptors (Lipinski definition) is 2. The summed E-state index contributed by atoms with van der Waals surface area (Å²) >= 11 is 0. The number of carbonyl (C=O) groups is 1. The second-order valence-corrected chi connectivity index (χ2v) is 4.16. The lowest BCUT2D eigenvalue weighted by molar-refractivity contribution is -0.119. The fourth-order valence-electron chi connectivity index (χ4n) is 2.04. The summed E-state index contributed by atoms with van der Waals surface area (Å²) in [6.45, 7) is 2.51. The molecule has 1 aromatic rings. The van der Waals surface area contributed by atoms with Crippen LogP contribution in [0.5, 0.6) is 0 Å². The standard InChI is InChI=1S/C12H15FN2O/c1-8-6-10(14)9(13)7-11(8)15-5-3-2-4-12(15)16/h6-7H,2-5,14H2,1H3. The topological polar surface area (TPSA) is 46.3 Å². The third-order valence-electron chi connectivity index (χ3n) is 2.93. The molecule has 1 aliphatic heterocycles. The zero-order chi connectivity index (χ0) is 11.7. The molecule has 3 nitrogen and oxygen atoms in total. The van der Waals surface area contributed by atoms with E-state index in [0.717, 1.165) is 18.4 Å². The van der Waals surface area contributed by atoms with Crippen molar-refractivity contribution in [2.75, 3.05) is 17.2 Å². The molecule has 0 saturated carbocycles. The largest absolute Gasteiger partial charge is 0.396 e. The lowest BCUT2D eigenvalue weighted by Gasteiger charge is -2.28. The Hall–Kier alpha value is -1.58. The Balaban J connectivity index is 2.39. The molecule has 2 N–H and O–H groups in total. The number of nitrogens with zero attached hydrogens (tertiary/aromatic N) is 1. The first kappa shape index (κ1) is 10.9. The fraction of sp³-hybridized carbons (Fsp3) is 0.417. The third-order valence-corrected chi connectivity index (χ3v) is 2.93. The van der Waals surface area contributed by atoms with E-state index in [2.05, 4.69) is 0 Å². The molecule has 0 radical (unpaired) electrons. The van der Waals surface area contributed by atoms with Crippen molar-refractivity contribution in [1.29, 1.82) is 0 Å². The van der Waals surface area contributed by atoms with Gasteiger partial charge in [-0.15, -0.1) is 0 Å². The van der Waals surface area contributed by atoms with Gasteiger partial charge in [0, 0.05) is 24.7 Å². The Kier molecular flexibility index (Phi) is 2.81. The second kappa shape index (κ2) is 4.12. The number of amides is 1. The van der Waals surface area contributed by atoms with Gasteiger partial charge in [-0.05, 0) is 31.4 Å². The maximum atomic E-state index is 13.4. The van der Waals surface area contributed by atoms with Crippen molar-refractivity contribution in [3.05, 3.63) is 23.5 Å². The smallest absolute Gasteiger partial charge is 0.226 e. The maximum Gasteiger partial charge on any atom is 0.226 e. The van der Waals surface area contributed by atoms with Crippen molar-refractivity contribution in [1.82, 2.24) is 0 Å². The molecule has 4 heteroatoms. The predicted octanol–water partition coefficient (Wildman–Crippen LogP) is 2.23. The van der Waals surface area contributed by atoms with Gasteiger partial charge in [0.1, 0.15) is 5.82 Å². The molecular weight excluding hydrogens is 207 g/mol. The van der Waals surface area contributed by atoms with Gasteiger partial charge in [0.25, 0.3) is 0 Å². The van der Waals surface area contributed by atoms with Gasteiger partial charge < -0.3 is 10.6 Å². The maximum absolute atomic E-state index is 13.4. The van der Waals surface area contributed by atoms with Gasteiger partial charge in [0.2, 0.25) is 5.91 Å². The summed E-state index contributed by atoms with van der Waals surface area (Å²) < 4.78 is 13.4. The average Bonchev–Trinajstić information content (AvgIpc) is 2.25. The molecule has 0 atom stereocenters. The molecule has 2 rings (SSSR count). The molecule has 86 valence electrons. The zero-order valence-corrected chi connectivity index (χ0v) is 9.29. The molecule has 1 fully saturated rings. The molecule has 0 aromatic heterocycles. The van der Waals surface area contributed by atoms with Crippen molar-refractivity contribution >= 4 is 17.3 Å². The van der Waals surface area contributed by atoms with Crippen molar-refractivity contribution in [2.24, 2.45) is 0 Å². The van der Waals surface area contributed by atoms with Crippen LogP contribution in [0, 0.1) is 12.7 Å². The quantitative estimate of drug-likeness (QED) is 0.741. The SMILES string of the molecule is Cc1cc(N)c(F)cc1N1CCCCC1=O. The number of nitrogen functional groups attached to an aromatic ring is 1. The van der Waals surface area contributed by atoms with Crippen LogP contribution in [0.25, 0.3) is 0 Å². The Bertz CT molecular complexity index is 431. The highest BCUT2D eigenvalue weighted by molar-refractivity contribution is 5.95. The van der Waals surface area contributed by atoms with E-state index < -0.39 is 5.82 Å². The first-order chi connectivity index (χ1) is 7.59. The zero-order valence-electron chi connectivity index (χ0n) is 9.29. The number of halogens is 1. The molecule has 0 spiro atoms. The number of rotatable bonds is 1. The lowest BCUT2D eigenvalue weighted by atomic mass is 10.1. The minimum absolute atomic E-state index is 0.0681. The van der Waals surface area contributed by atoms with E-state index >= 15 is 0 Å². The Morgan fingerprint density at radius 2 is 2.12 bits per heavy atom. The normalized spacial score (nSPS) is 16.6. The van der Waals surface area contributed by atoms with Crippen molar-refractivity contribution in [3.63, 3.8) is 0 Å². The van der Waals surface area contributed by atoms with Crippen LogP contribution in [0.4, 0.5) is 15.8 Å². The van der Waals surface area contributed by atoms with Gasteiger partial charge in [0.05, 0.1) is 5.69 Å². The summed E-state index contributed by atoms with van der Waals surface area (Å²) in [5.74, 6) is -0.391. The van der Waals surface area contributed by atoms with Crippen LogP contribution >= 0.6 is 0 Å². The number of benzene rings is 1. The van der Waals surface area contributed by atoms with E-state index in [1.165, 1.54) is 6.07 Å². The van der Waals surface area contributed by atoms with Crippen LogP contribution in [0.15, 0.2) is 12.1 Å². The molecule has 1 aromatic carbocycles. The van der Waals surface area contributed by atoms with E-state index in [0.29, 0.717) is 18.7 Å². The summed E-state index contributed by atoms with van der Waals surface area (Å²) in [5.41, 5.74) is 7.10. The van der Waals surface area contributed by atoms with E-state index in [4.69, 9.17) is 5.73 Å². The Morgan fingerprint density at radius 1 is 1.38 bits per heavy atom. The van der Waals surface area contributed by atoms with Crippen molar-refractivity contribution in [3.8, 4) is 0 Å².